The van der Waals surface area contributed by atoms with Gasteiger partial charge in [-0.3, -0.25) is 72.4 Å². The smallest absolute Gasteiger partial charge is 0.261 e. The van der Waals surface area contributed by atoms with Crippen LogP contribution in [0.3, 0.4) is 0 Å². The van der Waals surface area contributed by atoms with Crippen LogP contribution in [-0.2, 0) is 9.59 Å². The quantitative estimate of drug-likeness (QED) is 0.0309. The largest absolute Gasteiger partial charge is 0.275 e. The summed E-state index contributed by atoms with van der Waals surface area (Å²) in [7, 11) is 0. The van der Waals surface area contributed by atoms with Gasteiger partial charge in [0.2, 0.25) is 0 Å². The second kappa shape index (κ2) is 33.8. The molecule has 0 spiro atoms. The summed E-state index contributed by atoms with van der Waals surface area (Å²) in [6.07, 6.45) is 45.9. The summed E-state index contributed by atoms with van der Waals surface area (Å²) < 4.78 is 0. The minimum absolute atomic E-state index is 0.194. The second-order valence-corrected chi connectivity index (χ2v) is 37.2. The third kappa shape index (κ3) is 15.4. The molecule has 4 aromatic carbocycles. The molecule has 7 aliphatic carbocycles. The predicted octanol–water partition coefficient (Wildman–Crippen LogP) is 20.1. The number of nitrogens with zero attached hydrogens (tertiary/aromatic N) is 5. The van der Waals surface area contributed by atoms with Crippen LogP contribution in [0.25, 0.3) is 22.3 Å². The van der Waals surface area contributed by atoms with Crippen LogP contribution in [0.1, 0.15) is 335 Å². The molecule has 0 aromatic heterocycles. The van der Waals surface area contributed by atoms with Crippen LogP contribution in [-0.4, -0.2) is 116 Å². The van der Waals surface area contributed by atoms with Gasteiger partial charge < -0.3 is 0 Å². The molecule has 10 amide bonds. The monoisotopic (exact) mass is 1500 g/mol. The number of fused-ring (bicyclic) bond motifs is 14. The van der Waals surface area contributed by atoms with Crippen molar-refractivity contribution in [2.45, 2.75) is 252 Å². The maximum atomic E-state index is 14.2. The molecule has 0 N–H and O–H groups in total. The van der Waals surface area contributed by atoms with Gasteiger partial charge in [0, 0.05) is 44.9 Å². The van der Waals surface area contributed by atoms with Crippen molar-refractivity contribution in [3.05, 3.63) is 129 Å². The first kappa shape index (κ1) is 77.3. The van der Waals surface area contributed by atoms with E-state index in [2.05, 4.69) is 20.8 Å². The van der Waals surface area contributed by atoms with E-state index in [1.54, 1.807) is 42.5 Å². The molecule has 16 unspecified atom stereocenters. The maximum absolute atomic E-state index is 14.2. The molecular formula is C96H121N5O10. The minimum Gasteiger partial charge on any atom is -0.275 e. The van der Waals surface area contributed by atoms with E-state index in [1.165, 1.54) is 184 Å². The first-order valence-corrected chi connectivity index (χ1v) is 44.6. The Hall–Kier alpha value is -7.68. The van der Waals surface area contributed by atoms with Crippen LogP contribution in [0.2, 0.25) is 0 Å². The first-order valence-electron chi connectivity index (χ1n) is 44.6. The van der Waals surface area contributed by atoms with Gasteiger partial charge in [-0.2, -0.15) is 0 Å². The van der Waals surface area contributed by atoms with Crippen LogP contribution in [0.5, 0.6) is 0 Å². The van der Waals surface area contributed by atoms with Crippen LogP contribution in [0.15, 0.2) is 84.9 Å². The van der Waals surface area contributed by atoms with Crippen molar-refractivity contribution in [3.63, 3.8) is 0 Å². The van der Waals surface area contributed by atoms with Crippen molar-refractivity contribution >= 4 is 59.1 Å². The highest BCUT2D eigenvalue weighted by atomic mass is 16.2. The summed E-state index contributed by atoms with van der Waals surface area (Å²) in [4.78, 5) is 143. The number of carbonyl (C=O) groups excluding carboxylic acids is 10. The summed E-state index contributed by atoms with van der Waals surface area (Å²) in [5.41, 5.74) is 6.22. The van der Waals surface area contributed by atoms with Crippen LogP contribution in [0, 0.1) is 94.7 Å². The number of hydrogen-bond acceptors (Lipinski definition) is 10. The zero-order valence-corrected chi connectivity index (χ0v) is 66.6. The van der Waals surface area contributed by atoms with Gasteiger partial charge in [-0.05, 0) is 255 Å². The lowest BCUT2D eigenvalue weighted by Crippen LogP contribution is -2.38. The number of carbonyl (C=O) groups is 10. The lowest BCUT2D eigenvalue weighted by Gasteiger charge is -2.44. The van der Waals surface area contributed by atoms with Crippen LogP contribution in [0.4, 0.5) is 0 Å². The number of amides is 10. The van der Waals surface area contributed by atoms with E-state index in [-0.39, 0.29) is 70.9 Å². The lowest BCUT2D eigenvalue weighted by atomic mass is 9.61. The van der Waals surface area contributed by atoms with E-state index < -0.39 is 0 Å². The average Bonchev–Trinajstić information content (AvgIpc) is 1.59. The number of unbranched alkanes of at least 4 members (excludes halogenated alkanes) is 18. The molecule has 16 rings (SSSR count). The first-order chi connectivity index (χ1) is 54.0. The van der Waals surface area contributed by atoms with Gasteiger partial charge >= 0.3 is 0 Å². The maximum Gasteiger partial charge on any atom is 0.261 e. The van der Waals surface area contributed by atoms with Gasteiger partial charge in [0.25, 0.3) is 59.1 Å². The fourth-order valence-corrected chi connectivity index (χ4v) is 25.2. The highest BCUT2D eigenvalue weighted by molar-refractivity contribution is 6.24. The number of rotatable bonds is 38. The summed E-state index contributed by atoms with van der Waals surface area (Å²) in [5, 5.41) is 0. The Bertz CT molecular complexity index is 4270. The van der Waals surface area contributed by atoms with Crippen molar-refractivity contribution in [1.29, 1.82) is 0 Å². The van der Waals surface area contributed by atoms with Crippen molar-refractivity contribution < 1.29 is 47.9 Å². The van der Waals surface area contributed by atoms with Gasteiger partial charge in [0.1, 0.15) is 0 Å². The molecule has 0 radical (unpaired) electrons. The molecule has 590 valence electrons. The van der Waals surface area contributed by atoms with Crippen LogP contribution < -0.4 is 0 Å². The third-order valence-electron chi connectivity index (χ3n) is 30.6. The Kier molecular flexibility index (Phi) is 23.5. The Morgan fingerprint density at radius 1 is 0.288 bits per heavy atom. The summed E-state index contributed by atoms with van der Waals surface area (Å²) in [6, 6.07) is 21.6. The zero-order chi connectivity index (χ0) is 76.7. The highest BCUT2D eigenvalue weighted by Gasteiger charge is 2.59. The van der Waals surface area contributed by atoms with E-state index in [4.69, 9.17) is 0 Å². The molecule has 5 heterocycles. The van der Waals surface area contributed by atoms with Crippen molar-refractivity contribution in [2.75, 3.05) is 32.7 Å². The summed E-state index contributed by atoms with van der Waals surface area (Å²) in [5.74, 6) is 7.31. The Morgan fingerprint density at radius 2 is 0.613 bits per heavy atom. The molecule has 7 fully saturated rings. The van der Waals surface area contributed by atoms with E-state index in [9.17, 15) is 47.9 Å². The fraction of sp³-hybridized carbons (Fsp3) is 0.625. The third-order valence-corrected chi connectivity index (χ3v) is 30.6. The van der Waals surface area contributed by atoms with E-state index in [0.717, 1.165) is 153 Å². The average molecular weight is 1510 g/mol. The van der Waals surface area contributed by atoms with Crippen LogP contribution >= 0.6 is 0 Å². The molecule has 15 nitrogen and oxygen atoms in total. The van der Waals surface area contributed by atoms with Gasteiger partial charge in [-0.15, -0.1) is 0 Å². The van der Waals surface area contributed by atoms with Gasteiger partial charge in [-0.1, -0.05) is 186 Å². The number of benzene rings is 4. The second-order valence-electron chi connectivity index (χ2n) is 37.2. The molecule has 4 bridgehead atoms. The Balaban J connectivity index is 0.471. The van der Waals surface area contributed by atoms with Crippen molar-refractivity contribution in [3.8, 4) is 22.3 Å². The number of imide groups is 5. The minimum atomic E-state index is -0.285. The molecule has 16 atom stereocenters. The molecule has 5 aliphatic heterocycles. The normalized spacial score (nSPS) is 29.3. The van der Waals surface area contributed by atoms with Crippen molar-refractivity contribution in [1.82, 2.24) is 24.5 Å². The molecular weight excluding hydrogens is 1380 g/mol. The highest BCUT2D eigenvalue weighted by Crippen LogP contribution is 2.64. The van der Waals surface area contributed by atoms with Crippen molar-refractivity contribution in [2.24, 2.45) is 94.7 Å². The molecule has 111 heavy (non-hydrogen) atoms. The number of hydrogen-bond donors (Lipinski definition) is 0. The van der Waals surface area contributed by atoms with E-state index in [1.807, 2.05) is 30.3 Å². The molecule has 15 heteroatoms. The molecule has 12 aliphatic rings. The Morgan fingerprint density at radius 3 is 1.04 bits per heavy atom. The van der Waals surface area contributed by atoms with Gasteiger partial charge in [0.05, 0.1) is 44.5 Å². The lowest BCUT2D eigenvalue weighted by molar-refractivity contribution is -0.137. The summed E-state index contributed by atoms with van der Waals surface area (Å²) in [6.45, 7) is 9.14. The molecule has 4 aromatic rings. The van der Waals surface area contributed by atoms with E-state index in [0.29, 0.717) is 113 Å². The fourth-order valence-electron chi connectivity index (χ4n) is 25.2. The summed E-state index contributed by atoms with van der Waals surface area (Å²) >= 11 is 0. The zero-order valence-electron chi connectivity index (χ0n) is 66.6. The van der Waals surface area contributed by atoms with Gasteiger partial charge in [-0.25, -0.2) is 0 Å². The molecule has 0 saturated heterocycles. The SMILES string of the molecule is CCCCCCCCC1C(CCCCCC)CCC(CCCCCCCCN2C(=O)c3ccc(-c4ccc5c(c4)C(=O)N(CC4CC6CC4C4CC(C)CC64)C5=O)cc3C2=O)C1CCCCCCCCN1C(=O)c2ccc(-c3ccc4c(c3)C(=O)N(CC3CC5CC3C3CC(CN6C(=O)C=CC6=O)CC53)C4=O)cc2C1=O. The van der Waals surface area contributed by atoms with E-state index >= 15 is 0 Å². The predicted molar refractivity (Wildman–Crippen MR) is 430 cm³/mol. The molecule has 7 saturated carbocycles. The topological polar surface area (TPSA) is 187 Å². The van der Waals surface area contributed by atoms with Gasteiger partial charge in [0.15, 0.2) is 0 Å². The standard InChI is InChI=1S/C96H121N5O10/c1-4-6-8-10-16-22-28-71-61(26-20-9-7-5-2)30-31-62(27-21-15-11-13-18-24-42-97-89(104)73-36-32-63(50-83(73)93(97)108)65-34-38-75-85(52-65)95(110)100(91(75)106)57-69-48-67-54-79(69)81-45-59(3)44-77(67)81)72(71)29-23-17-12-14-19-25-43-98-90(105)74-37-33-64(51-84(74)94(98)109)66-35-39-76-86(53-66)96(111)101(92(76)107)58-70-49-68-55-80(70)82-47-60(46-78(68)82)56-99-87(102)40-41-88(99)103/h32-41,50-53,59-62,67-72,77-82H,4-31,42-49,54-58H2,1-3H3. The Labute approximate surface area is 659 Å².